The number of nitrogens with one attached hydrogen (secondary N) is 2. The van der Waals surface area contributed by atoms with Crippen molar-refractivity contribution >= 4 is 33.4 Å². The molecule has 1 aliphatic rings. The third-order valence-electron chi connectivity index (χ3n) is 6.38. The van der Waals surface area contributed by atoms with Crippen LogP contribution in [0, 0.1) is 0 Å². The summed E-state index contributed by atoms with van der Waals surface area (Å²) in [5.41, 5.74) is 2.55. The first-order valence-corrected chi connectivity index (χ1v) is 14.4. The maximum atomic E-state index is 13.4. The number of carbonyl (C=O) groups excluding carboxylic acids is 2. The van der Waals surface area contributed by atoms with Crippen LogP contribution in [-0.2, 0) is 39.1 Å². The SMILES string of the molecule is CC(C(=O)NCc1cccnc1)N(Cc1ccc(Cl)cc1)C(=O)CCc1ccc(S(=O)(=O)NC2CC2)cc1. The molecule has 1 aliphatic carbocycles. The summed E-state index contributed by atoms with van der Waals surface area (Å²) in [6.45, 7) is 2.27. The number of halogens is 1. The zero-order valence-corrected chi connectivity index (χ0v) is 22.7. The molecule has 10 heteroatoms. The predicted octanol–water partition coefficient (Wildman–Crippen LogP) is 3.84. The normalized spacial score (nSPS) is 14.1. The molecule has 1 unspecified atom stereocenters. The van der Waals surface area contributed by atoms with Crippen LogP contribution >= 0.6 is 11.6 Å². The van der Waals surface area contributed by atoms with Crippen molar-refractivity contribution in [2.75, 3.05) is 0 Å². The Morgan fingerprint density at radius 3 is 2.34 bits per heavy atom. The molecule has 0 spiro atoms. The van der Waals surface area contributed by atoms with E-state index in [-0.39, 0.29) is 35.7 Å². The van der Waals surface area contributed by atoms with Crippen LogP contribution in [-0.4, -0.2) is 42.2 Å². The highest BCUT2D eigenvalue weighted by atomic mass is 35.5. The topological polar surface area (TPSA) is 108 Å². The number of amides is 2. The van der Waals surface area contributed by atoms with Crippen molar-refractivity contribution in [2.24, 2.45) is 0 Å². The van der Waals surface area contributed by atoms with Gasteiger partial charge < -0.3 is 10.2 Å². The summed E-state index contributed by atoms with van der Waals surface area (Å²) in [6, 6.07) is 16.7. The van der Waals surface area contributed by atoms with E-state index in [4.69, 9.17) is 11.6 Å². The molecule has 0 radical (unpaired) electrons. The number of rotatable bonds is 12. The van der Waals surface area contributed by atoms with Crippen molar-refractivity contribution in [1.29, 1.82) is 0 Å². The summed E-state index contributed by atoms with van der Waals surface area (Å²) < 4.78 is 27.5. The van der Waals surface area contributed by atoms with Crippen molar-refractivity contribution < 1.29 is 18.0 Å². The van der Waals surface area contributed by atoms with E-state index in [9.17, 15) is 18.0 Å². The van der Waals surface area contributed by atoms with Gasteiger partial charge >= 0.3 is 0 Å². The number of aryl methyl sites for hydroxylation is 1. The average molecular weight is 555 g/mol. The minimum absolute atomic E-state index is 0.0347. The fourth-order valence-corrected chi connectivity index (χ4v) is 5.36. The number of nitrogens with zero attached hydrogens (tertiary/aromatic N) is 2. The van der Waals surface area contributed by atoms with Crippen molar-refractivity contribution in [1.82, 2.24) is 19.9 Å². The van der Waals surface area contributed by atoms with Crippen LogP contribution in [0.25, 0.3) is 0 Å². The zero-order chi connectivity index (χ0) is 27.1. The molecule has 2 N–H and O–H groups in total. The van der Waals surface area contributed by atoms with Crippen LogP contribution < -0.4 is 10.0 Å². The van der Waals surface area contributed by atoms with Gasteiger partial charge in [0.25, 0.3) is 0 Å². The third kappa shape index (κ3) is 7.86. The van der Waals surface area contributed by atoms with Crippen LogP contribution in [0.15, 0.2) is 78.0 Å². The van der Waals surface area contributed by atoms with E-state index in [1.807, 2.05) is 18.2 Å². The van der Waals surface area contributed by atoms with Gasteiger partial charge in [0.2, 0.25) is 21.8 Å². The van der Waals surface area contributed by atoms with Gasteiger partial charge in [0.05, 0.1) is 4.90 Å². The molecule has 0 aliphatic heterocycles. The summed E-state index contributed by atoms with van der Waals surface area (Å²) >= 11 is 6.02. The lowest BCUT2D eigenvalue weighted by atomic mass is 10.1. The smallest absolute Gasteiger partial charge is 0.242 e. The molecule has 200 valence electrons. The number of pyridine rings is 1. The molecule has 1 fully saturated rings. The fourth-order valence-electron chi connectivity index (χ4n) is 3.93. The molecule has 3 aromatic rings. The van der Waals surface area contributed by atoms with Crippen LogP contribution in [0.4, 0.5) is 0 Å². The van der Waals surface area contributed by atoms with Gasteiger partial charge in [-0.25, -0.2) is 13.1 Å². The first-order valence-electron chi connectivity index (χ1n) is 12.5. The highest BCUT2D eigenvalue weighted by Gasteiger charge is 2.28. The summed E-state index contributed by atoms with van der Waals surface area (Å²) in [4.78, 5) is 32.2. The molecule has 0 bridgehead atoms. The van der Waals surface area contributed by atoms with E-state index < -0.39 is 16.1 Å². The molecule has 2 aromatic carbocycles. The van der Waals surface area contributed by atoms with Gasteiger partial charge in [0.1, 0.15) is 6.04 Å². The number of hydrogen-bond donors (Lipinski definition) is 2. The Morgan fingerprint density at radius 2 is 1.71 bits per heavy atom. The van der Waals surface area contributed by atoms with Crippen LogP contribution in [0.5, 0.6) is 0 Å². The number of hydrogen-bond acceptors (Lipinski definition) is 5. The maximum absolute atomic E-state index is 13.4. The second-order valence-electron chi connectivity index (χ2n) is 9.44. The Hall–Kier alpha value is -3.27. The maximum Gasteiger partial charge on any atom is 0.242 e. The molecular formula is C28H31ClN4O4S. The lowest BCUT2D eigenvalue weighted by Crippen LogP contribution is -2.47. The fraction of sp³-hybridized carbons (Fsp3) is 0.321. The van der Waals surface area contributed by atoms with Gasteiger partial charge in [-0.2, -0.15) is 0 Å². The average Bonchev–Trinajstić information content (AvgIpc) is 3.74. The number of benzene rings is 2. The summed E-state index contributed by atoms with van der Waals surface area (Å²) in [5.74, 6) is -0.454. The predicted molar refractivity (Wildman–Crippen MR) is 146 cm³/mol. The Kier molecular flexibility index (Phi) is 9.14. The van der Waals surface area contributed by atoms with Crippen LogP contribution in [0.2, 0.25) is 5.02 Å². The molecule has 38 heavy (non-hydrogen) atoms. The second-order valence-corrected chi connectivity index (χ2v) is 11.6. The summed E-state index contributed by atoms with van der Waals surface area (Å²) in [7, 11) is -3.53. The van der Waals surface area contributed by atoms with Crippen molar-refractivity contribution in [3.63, 3.8) is 0 Å². The highest BCUT2D eigenvalue weighted by molar-refractivity contribution is 7.89. The molecule has 8 nitrogen and oxygen atoms in total. The molecular weight excluding hydrogens is 524 g/mol. The summed E-state index contributed by atoms with van der Waals surface area (Å²) in [5, 5.41) is 3.47. The third-order valence-corrected chi connectivity index (χ3v) is 8.17. The van der Waals surface area contributed by atoms with E-state index in [0.29, 0.717) is 18.0 Å². The highest BCUT2D eigenvalue weighted by Crippen LogP contribution is 2.22. The minimum atomic E-state index is -3.53. The monoisotopic (exact) mass is 554 g/mol. The number of aromatic nitrogens is 1. The Morgan fingerprint density at radius 1 is 1.03 bits per heavy atom. The van der Waals surface area contributed by atoms with Gasteiger partial charge in [-0.15, -0.1) is 0 Å². The Bertz CT molecular complexity index is 1350. The molecule has 1 aromatic heterocycles. The molecule has 1 heterocycles. The zero-order valence-electron chi connectivity index (χ0n) is 21.1. The lowest BCUT2D eigenvalue weighted by molar-refractivity contribution is -0.140. The van der Waals surface area contributed by atoms with E-state index in [1.54, 1.807) is 66.7 Å². The van der Waals surface area contributed by atoms with Gasteiger partial charge in [-0.05, 0) is 73.2 Å². The first-order chi connectivity index (χ1) is 18.2. The van der Waals surface area contributed by atoms with E-state index in [2.05, 4.69) is 15.0 Å². The van der Waals surface area contributed by atoms with Crippen LogP contribution in [0.3, 0.4) is 0 Å². The summed E-state index contributed by atoms with van der Waals surface area (Å²) in [6.07, 6.45) is 5.66. The van der Waals surface area contributed by atoms with E-state index >= 15 is 0 Å². The second kappa shape index (κ2) is 12.5. The van der Waals surface area contributed by atoms with E-state index in [1.165, 1.54) is 0 Å². The quantitative estimate of drug-likeness (QED) is 0.353. The molecule has 0 saturated heterocycles. The molecule has 2 amide bonds. The number of sulfonamides is 1. The lowest BCUT2D eigenvalue weighted by Gasteiger charge is -2.29. The van der Waals surface area contributed by atoms with Gasteiger partial charge in [0.15, 0.2) is 0 Å². The molecule has 1 atom stereocenters. The van der Waals surface area contributed by atoms with Gasteiger partial charge in [0, 0.05) is 43.0 Å². The Balaban J connectivity index is 1.41. The Labute approximate surface area is 228 Å². The van der Waals surface area contributed by atoms with Crippen molar-refractivity contribution in [2.45, 2.75) is 62.7 Å². The standard InChI is InChI=1S/C28H31ClN4O4S/c1-20(28(35)31-18-23-3-2-16-30-17-23)33(19-22-4-9-24(29)10-5-22)27(34)15-8-21-6-13-26(14-7-21)38(36,37)32-25-11-12-25/h2-7,9-10,13-14,16-17,20,25,32H,8,11-12,15,18-19H2,1H3,(H,31,35). The van der Waals surface area contributed by atoms with Gasteiger partial charge in [-0.3, -0.25) is 14.6 Å². The van der Waals surface area contributed by atoms with E-state index in [0.717, 1.165) is 29.5 Å². The number of carbonyl (C=O) groups is 2. The minimum Gasteiger partial charge on any atom is -0.350 e. The van der Waals surface area contributed by atoms with Crippen LogP contribution in [0.1, 0.15) is 42.9 Å². The molecule has 1 saturated carbocycles. The largest absolute Gasteiger partial charge is 0.350 e. The van der Waals surface area contributed by atoms with Crippen molar-refractivity contribution in [3.05, 3.63) is 94.8 Å². The van der Waals surface area contributed by atoms with Gasteiger partial charge in [-0.1, -0.05) is 41.9 Å². The van der Waals surface area contributed by atoms with Crippen molar-refractivity contribution in [3.8, 4) is 0 Å². The molecule has 4 rings (SSSR count). The first kappa shape index (κ1) is 27.8.